The Bertz CT molecular complexity index is 988. The molecular weight excluding hydrogens is 422 g/mol. The van der Waals surface area contributed by atoms with Gasteiger partial charge in [-0.05, 0) is 12.1 Å². The summed E-state index contributed by atoms with van der Waals surface area (Å²) < 4.78 is 7.41. The minimum absolute atomic E-state index is 0.0843. The van der Waals surface area contributed by atoms with Crippen molar-refractivity contribution >= 4 is 51.1 Å². The van der Waals surface area contributed by atoms with E-state index in [1.54, 1.807) is 11.3 Å². The molecule has 1 fully saturated rings. The smallest absolute Gasteiger partial charge is 0.230 e. The van der Waals surface area contributed by atoms with E-state index in [9.17, 15) is 4.79 Å². The molecule has 0 bridgehead atoms. The number of benzene rings is 1. The highest BCUT2D eigenvalue weighted by molar-refractivity contribution is 8.01. The molecule has 0 spiro atoms. The topological polar surface area (TPSA) is 96.4 Å². The number of aromatic nitrogens is 4. The number of ether oxygens (including phenoxy) is 1. The summed E-state index contributed by atoms with van der Waals surface area (Å²) >= 11 is 3.03. The summed E-state index contributed by atoms with van der Waals surface area (Å²) in [5, 5.41) is 2.90. The molecule has 2 aromatic heterocycles. The highest BCUT2D eigenvalue weighted by Crippen LogP contribution is 2.29. The SMILES string of the molecule is CN(C)c1nc(CNC(=O)CSc2nc3ccccc3s2)nc(N2CCOCC2)n1. The van der Waals surface area contributed by atoms with Crippen LogP contribution >= 0.6 is 23.1 Å². The second-order valence-corrected chi connectivity index (χ2v) is 9.11. The van der Waals surface area contributed by atoms with Gasteiger partial charge in [-0.25, -0.2) is 4.98 Å². The van der Waals surface area contributed by atoms with Gasteiger partial charge in [-0.3, -0.25) is 4.79 Å². The van der Waals surface area contributed by atoms with Crippen LogP contribution in [0, 0.1) is 0 Å². The number of nitrogens with zero attached hydrogens (tertiary/aromatic N) is 6. The molecule has 0 saturated carbocycles. The predicted molar refractivity (Wildman–Crippen MR) is 119 cm³/mol. The maximum Gasteiger partial charge on any atom is 0.230 e. The van der Waals surface area contributed by atoms with Gasteiger partial charge in [-0.2, -0.15) is 15.0 Å². The van der Waals surface area contributed by atoms with Gasteiger partial charge in [-0.15, -0.1) is 11.3 Å². The minimum atomic E-state index is -0.0843. The van der Waals surface area contributed by atoms with Gasteiger partial charge in [0.25, 0.3) is 0 Å². The second kappa shape index (κ2) is 9.54. The number of thioether (sulfide) groups is 1. The first-order chi connectivity index (χ1) is 14.6. The lowest BCUT2D eigenvalue weighted by atomic mass is 10.3. The molecule has 0 unspecified atom stereocenters. The molecule has 9 nitrogen and oxygen atoms in total. The summed E-state index contributed by atoms with van der Waals surface area (Å²) in [7, 11) is 3.77. The van der Waals surface area contributed by atoms with E-state index in [1.165, 1.54) is 11.8 Å². The van der Waals surface area contributed by atoms with Crippen LogP contribution in [0.15, 0.2) is 28.6 Å². The molecule has 11 heteroatoms. The fourth-order valence-electron chi connectivity index (χ4n) is 2.85. The molecule has 1 aliphatic heterocycles. The number of carbonyl (C=O) groups is 1. The number of nitrogens with one attached hydrogen (secondary N) is 1. The van der Waals surface area contributed by atoms with Crippen LogP contribution in [-0.2, 0) is 16.1 Å². The Balaban J connectivity index is 1.36. The molecule has 158 valence electrons. The molecule has 1 aromatic carbocycles. The van der Waals surface area contributed by atoms with Gasteiger partial charge >= 0.3 is 0 Å². The molecule has 1 N–H and O–H groups in total. The second-order valence-electron chi connectivity index (χ2n) is 6.86. The summed E-state index contributed by atoms with van der Waals surface area (Å²) in [5.74, 6) is 1.93. The maximum atomic E-state index is 12.3. The first-order valence-electron chi connectivity index (χ1n) is 9.58. The lowest BCUT2D eigenvalue weighted by molar-refractivity contribution is -0.118. The number of morpholine rings is 1. The van der Waals surface area contributed by atoms with E-state index in [1.807, 2.05) is 43.3 Å². The molecule has 3 heterocycles. The quantitative estimate of drug-likeness (QED) is 0.546. The standard InChI is InChI=1S/C19H23N7O2S2/c1-25(2)17-22-15(23-18(24-17)26-7-9-28-10-8-26)11-20-16(27)12-29-19-21-13-5-3-4-6-14(13)30-19/h3-6H,7-12H2,1-2H3,(H,20,27). The van der Waals surface area contributed by atoms with Crippen molar-refractivity contribution in [2.75, 3.05) is 56.0 Å². The van der Waals surface area contributed by atoms with Crippen LogP contribution in [0.1, 0.15) is 5.82 Å². The molecule has 1 saturated heterocycles. The number of carbonyl (C=O) groups excluding carboxylic acids is 1. The molecule has 1 amide bonds. The van der Waals surface area contributed by atoms with Crippen molar-refractivity contribution in [1.29, 1.82) is 0 Å². The molecule has 4 rings (SSSR count). The van der Waals surface area contributed by atoms with E-state index in [0.717, 1.165) is 27.6 Å². The third-order valence-electron chi connectivity index (χ3n) is 4.40. The van der Waals surface area contributed by atoms with E-state index < -0.39 is 0 Å². The molecule has 1 aliphatic rings. The van der Waals surface area contributed by atoms with E-state index >= 15 is 0 Å². The third kappa shape index (κ3) is 5.15. The van der Waals surface area contributed by atoms with Crippen molar-refractivity contribution in [3.8, 4) is 0 Å². The molecular formula is C19H23N7O2S2. The molecule has 3 aromatic rings. The Morgan fingerprint density at radius 3 is 2.77 bits per heavy atom. The van der Waals surface area contributed by atoms with Crippen LogP contribution in [-0.4, -0.2) is 72.0 Å². The van der Waals surface area contributed by atoms with Crippen LogP contribution in [0.25, 0.3) is 10.2 Å². The van der Waals surface area contributed by atoms with E-state index in [4.69, 9.17) is 4.74 Å². The van der Waals surface area contributed by atoms with Crippen LogP contribution in [0.2, 0.25) is 0 Å². The predicted octanol–water partition coefficient (Wildman–Crippen LogP) is 1.79. The summed E-state index contributed by atoms with van der Waals surface area (Å²) in [6, 6.07) is 7.96. The fourth-order valence-corrected chi connectivity index (χ4v) is 4.75. The summed E-state index contributed by atoms with van der Waals surface area (Å²) in [6.07, 6.45) is 0. The zero-order chi connectivity index (χ0) is 20.9. The Labute approximate surface area is 182 Å². The minimum Gasteiger partial charge on any atom is -0.378 e. The number of para-hydroxylation sites is 1. The summed E-state index contributed by atoms with van der Waals surface area (Å²) in [6.45, 7) is 3.03. The number of hydrogen-bond acceptors (Lipinski definition) is 10. The van der Waals surface area contributed by atoms with Crippen molar-refractivity contribution in [3.05, 3.63) is 30.1 Å². The van der Waals surface area contributed by atoms with Gasteiger partial charge in [0.05, 0.1) is 35.7 Å². The van der Waals surface area contributed by atoms with Crippen molar-refractivity contribution in [2.45, 2.75) is 10.9 Å². The van der Waals surface area contributed by atoms with Gasteiger partial charge in [0.1, 0.15) is 0 Å². The van der Waals surface area contributed by atoms with Crippen LogP contribution in [0.4, 0.5) is 11.9 Å². The Morgan fingerprint density at radius 2 is 2.00 bits per heavy atom. The van der Waals surface area contributed by atoms with Crippen molar-refractivity contribution in [3.63, 3.8) is 0 Å². The number of anilines is 2. The van der Waals surface area contributed by atoms with Gasteiger partial charge < -0.3 is 19.9 Å². The molecule has 0 aliphatic carbocycles. The number of fused-ring (bicyclic) bond motifs is 1. The maximum absolute atomic E-state index is 12.3. The lowest BCUT2D eigenvalue weighted by Gasteiger charge is -2.27. The van der Waals surface area contributed by atoms with Crippen LogP contribution < -0.4 is 15.1 Å². The third-order valence-corrected chi connectivity index (χ3v) is 6.58. The summed E-state index contributed by atoms with van der Waals surface area (Å²) in [4.78, 5) is 34.3. The molecule has 30 heavy (non-hydrogen) atoms. The van der Waals surface area contributed by atoms with E-state index in [0.29, 0.717) is 36.7 Å². The monoisotopic (exact) mass is 445 g/mol. The zero-order valence-corrected chi connectivity index (χ0v) is 18.5. The van der Waals surface area contributed by atoms with E-state index in [2.05, 4.69) is 30.2 Å². The fraction of sp³-hybridized carbons (Fsp3) is 0.421. The van der Waals surface area contributed by atoms with Gasteiger partial charge in [0.2, 0.25) is 17.8 Å². The normalized spacial score (nSPS) is 14.1. The molecule has 0 atom stereocenters. The first-order valence-corrected chi connectivity index (χ1v) is 11.4. The Morgan fingerprint density at radius 1 is 1.20 bits per heavy atom. The number of hydrogen-bond donors (Lipinski definition) is 1. The van der Waals surface area contributed by atoms with E-state index in [-0.39, 0.29) is 12.5 Å². The van der Waals surface area contributed by atoms with Gasteiger partial charge in [0.15, 0.2) is 10.2 Å². The van der Waals surface area contributed by atoms with Crippen molar-refractivity contribution in [1.82, 2.24) is 25.3 Å². The summed E-state index contributed by atoms with van der Waals surface area (Å²) in [5.41, 5.74) is 0.961. The first kappa shape index (κ1) is 20.8. The Kier molecular flexibility index (Phi) is 6.60. The number of amides is 1. The molecule has 0 radical (unpaired) electrons. The van der Waals surface area contributed by atoms with Crippen LogP contribution in [0.5, 0.6) is 0 Å². The van der Waals surface area contributed by atoms with Crippen molar-refractivity contribution < 1.29 is 9.53 Å². The highest BCUT2D eigenvalue weighted by Gasteiger charge is 2.17. The average molecular weight is 446 g/mol. The van der Waals surface area contributed by atoms with Crippen molar-refractivity contribution in [2.24, 2.45) is 0 Å². The van der Waals surface area contributed by atoms with Crippen LogP contribution in [0.3, 0.4) is 0 Å². The average Bonchev–Trinajstić information content (AvgIpc) is 3.20. The van der Waals surface area contributed by atoms with Gasteiger partial charge in [-0.1, -0.05) is 23.9 Å². The largest absolute Gasteiger partial charge is 0.378 e. The highest BCUT2D eigenvalue weighted by atomic mass is 32.2. The lowest BCUT2D eigenvalue weighted by Crippen LogP contribution is -2.38. The number of rotatable bonds is 7. The zero-order valence-electron chi connectivity index (χ0n) is 16.9. The Hall–Kier alpha value is -2.50. The van der Waals surface area contributed by atoms with Gasteiger partial charge in [0, 0.05) is 27.2 Å². The number of thiazole rings is 1.